The van der Waals surface area contributed by atoms with Gasteiger partial charge in [0.05, 0.1) is 11.4 Å². The molecule has 0 saturated carbocycles. The SMILES string of the molecule is CC1(C)NC(=O)N(CC(=O)OCC(=O)Nc2cc(-c3ccccc3)nn2-c2ccccc2)C1=O. The van der Waals surface area contributed by atoms with Gasteiger partial charge in [-0.15, -0.1) is 0 Å². The average Bonchev–Trinajstić information content (AvgIpc) is 3.32. The molecular formula is C24H23N5O5. The van der Waals surface area contributed by atoms with E-state index >= 15 is 0 Å². The van der Waals surface area contributed by atoms with Crippen molar-refractivity contribution in [1.82, 2.24) is 20.0 Å². The number of hydrogen-bond donors (Lipinski definition) is 2. The normalized spacial score (nSPS) is 14.6. The highest BCUT2D eigenvalue weighted by molar-refractivity contribution is 6.08. The Balaban J connectivity index is 1.43. The van der Waals surface area contributed by atoms with E-state index in [1.54, 1.807) is 10.7 Å². The molecule has 0 radical (unpaired) electrons. The maximum atomic E-state index is 12.5. The third-order valence-electron chi connectivity index (χ3n) is 5.14. The Morgan fingerprint density at radius 3 is 2.29 bits per heavy atom. The van der Waals surface area contributed by atoms with Crippen LogP contribution in [0.5, 0.6) is 0 Å². The van der Waals surface area contributed by atoms with Crippen molar-refractivity contribution in [2.24, 2.45) is 0 Å². The van der Waals surface area contributed by atoms with Gasteiger partial charge in [-0.05, 0) is 26.0 Å². The molecular weight excluding hydrogens is 438 g/mol. The number of imide groups is 1. The molecule has 2 N–H and O–H groups in total. The number of nitrogens with zero attached hydrogens (tertiary/aromatic N) is 3. The molecule has 1 saturated heterocycles. The number of esters is 1. The summed E-state index contributed by atoms with van der Waals surface area (Å²) in [5.41, 5.74) is 1.16. The molecule has 0 aliphatic carbocycles. The first-order valence-electron chi connectivity index (χ1n) is 10.5. The first-order valence-corrected chi connectivity index (χ1v) is 10.5. The summed E-state index contributed by atoms with van der Waals surface area (Å²) in [6, 6.07) is 19.8. The molecule has 4 rings (SSSR count). The van der Waals surface area contributed by atoms with Crippen molar-refractivity contribution >= 4 is 29.6 Å². The van der Waals surface area contributed by atoms with Crippen molar-refractivity contribution < 1.29 is 23.9 Å². The van der Waals surface area contributed by atoms with Gasteiger partial charge in [-0.25, -0.2) is 9.48 Å². The van der Waals surface area contributed by atoms with Crippen LogP contribution in [0, 0.1) is 0 Å². The van der Waals surface area contributed by atoms with Crippen LogP contribution < -0.4 is 10.6 Å². The molecule has 1 fully saturated rings. The number of benzene rings is 2. The smallest absolute Gasteiger partial charge is 0.326 e. The van der Waals surface area contributed by atoms with Crippen LogP contribution in [0.2, 0.25) is 0 Å². The van der Waals surface area contributed by atoms with Crippen LogP contribution in [-0.4, -0.2) is 57.2 Å². The van der Waals surface area contributed by atoms with E-state index in [1.807, 2.05) is 60.7 Å². The van der Waals surface area contributed by atoms with E-state index in [0.717, 1.165) is 16.2 Å². The summed E-state index contributed by atoms with van der Waals surface area (Å²) < 4.78 is 6.57. The highest BCUT2D eigenvalue weighted by atomic mass is 16.5. The largest absolute Gasteiger partial charge is 0.454 e. The van der Waals surface area contributed by atoms with Gasteiger partial charge in [0.15, 0.2) is 6.61 Å². The molecule has 34 heavy (non-hydrogen) atoms. The van der Waals surface area contributed by atoms with Crippen molar-refractivity contribution in [1.29, 1.82) is 0 Å². The van der Waals surface area contributed by atoms with Crippen LogP contribution in [0.1, 0.15) is 13.8 Å². The molecule has 4 amide bonds. The first kappa shape index (κ1) is 22.7. The second kappa shape index (κ2) is 9.18. The molecule has 0 unspecified atom stereocenters. The number of rotatable bonds is 7. The van der Waals surface area contributed by atoms with Gasteiger partial charge < -0.3 is 15.4 Å². The molecule has 10 heteroatoms. The van der Waals surface area contributed by atoms with Crippen molar-refractivity contribution in [2.75, 3.05) is 18.5 Å². The lowest BCUT2D eigenvalue weighted by atomic mass is 10.1. The second-order valence-electron chi connectivity index (χ2n) is 8.18. The maximum absolute atomic E-state index is 12.5. The van der Waals surface area contributed by atoms with Gasteiger partial charge in [0.1, 0.15) is 17.9 Å². The first-order chi connectivity index (χ1) is 16.2. The number of amides is 4. The zero-order valence-electron chi connectivity index (χ0n) is 18.6. The quantitative estimate of drug-likeness (QED) is 0.411. The summed E-state index contributed by atoms with van der Waals surface area (Å²) in [5.74, 6) is -1.62. The zero-order valence-corrected chi connectivity index (χ0v) is 18.6. The lowest BCUT2D eigenvalue weighted by molar-refractivity contribution is -0.150. The fourth-order valence-electron chi connectivity index (χ4n) is 3.45. The third kappa shape index (κ3) is 4.80. The number of carbonyl (C=O) groups excluding carboxylic acids is 4. The van der Waals surface area contributed by atoms with Gasteiger partial charge in [-0.3, -0.25) is 19.3 Å². The van der Waals surface area contributed by atoms with Crippen LogP contribution >= 0.6 is 0 Å². The number of nitrogens with one attached hydrogen (secondary N) is 2. The number of hydrogen-bond acceptors (Lipinski definition) is 6. The number of ether oxygens (including phenoxy) is 1. The van der Waals surface area contributed by atoms with Gasteiger partial charge in [-0.2, -0.15) is 5.10 Å². The Bertz CT molecular complexity index is 1240. The summed E-state index contributed by atoms with van der Waals surface area (Å²) in [6.45, 7) is 1.89. The van der Waals surface area contributed by atoms with E-state index < -0.39 is 42.5 Å². The van der Waals surface area contributed by atoms with Crippen molar-refractivity contribution in [3.63, 3.8) is 0 Å². The van der Waals surface area contributed by atoms with Gasteiger partial charge in [0, 0.05) is 11.6 Å². The van der Waals surface area contributed by atoms with Crippen molar-refractivity contribution in [3.05, 3.63) is 66.7 Å². The molecule has 0 spiro atoms. The number of aromatic nitrogens is 2. The Kier molecular flexibility index (Phi) is 6.13. The standard InChI is InChI=1S/C24H23N5O5/c1-24(2)22(32)28(23(33)26-24)14-21(31)34-15-20(30)25-19-13-18(16-9-5-3-6-10-16)27-29(19)17-11-7-4-8-12-17/h3-13H,14-15H2,1-2H3,(H,25,30)(H,26,33). The fourth-order valence-corrected chi connectivity index (χ4v) is 3.45. The highest BCUT2D eigenvalue weighted by Crippen LogP contribution is 2.24. The number of anilines is 1. The third-order valence-corrected chi connectivity index (χ3v) is 5.14. The van der Waals surface area contributed by atoms with E-state index in [-0.39, 0.29) is 0 Å². The lowest BCUT2D eigenvalue weighted by Crippen LogP contribution is -2.41. The molecule has 0 atom stereocenters. The molecule has 1 aliphatic heterocycles. The van der Waals surface area contributed by atoms with E-state index in [2.05, 4.69) is 15.7 Å². The van der Waals surface area contributed by atoms with Gasteiger partial charge in [-0.1, -0.05) is 48.5 Å². The minimum absolute atomic E-state index is 0.391. The van der Waals surface area contributed by atoms with Crippen molar-refractivity contribution in [2.45, 2.75) is 19.4 Å². The molecule has 2 heterocycles. The second-order valence-corrected chi connectivity index (χ2v) is 8.18. The molecule has 1 aliphatic rings. The molecule has 1 aromatic heterocycles. The van der Waals surface area contributed by atoms with E-state index in [0.29, 0.717) is 11.5 Å². The Morgan fingerprint density at radius 2 is 1.68 bits per heavy atom. The Hall–Kier alpha value is -4.47. The number of carbonyl (C=O) groups is 4. The Morgan fingerprint density at radius 1 is 1.03 bits per heavy atom. The minimum atomic E-state index is -1.10. The van der Waals surface area contributed by atoms with Crippen LogP contribution in [0.3, 0.4) is 0 Å². The molecule has 3 aromatic rings. The van der Waals surface area contributed by atoms with E-state index in [1.165, 1.54) is 13.8 Å². The average molecular weight is 461 g/mol. The van der Waals surface area contributed by atoms with Crippen LogP contribution in [-0.2, 0) is 19.1 Å². The summed E-state index contributed by atoms with van der Waals surface area (Å²) >= 11 is 0. The number of urea groups is 1. The van der Waals surface area contributed by atoms with Gasteiger partial charge >= 0.3 is 12.0 Å². The summed E-state index contributed by atoms with van der Waals surface area (Å²) in [7, 11) is 0. The predicted molar refractivity (Wildman–Crippen MR) is 123 cm³/mol. The minimum Gasteiger partial charge on any atom is -0.454 e. The highest BCUT2D eigenvalue weighted by Gasteiger charge is 2.45. The topological polar surface area (TPSA) is 123 Å². The number of para-hydroxylation sites is 1. The summed E-state index contributed by atoms with van der Waals surface area (Å²) in [5, 5.41) is 9.78. The molecule has 10 nitrogen and oxygen atoms in total. The van der Waals surface area contributed by atoms with Gasteiger partial charge in [0.2, 0.25) is 0 Å². The van der Waals surface area contributed by atoms with E-state index in [4.69, 9.17) is 4.74 Å². The maximum Gasteiger partial charge on any atom is 0.326 e. The summed E-state index contributed by atoms with van der Waals surface area (Å²) in [4.78, 5) is 49.5. The van der Waals surface area contributed by atoms with Gasteiger partial charge in [0.25, 0.3) is 11.8 Å². The van der Waals surface area contributed by atoms with E-state index in [9.17, 15) is 19.2 Å². The Labute approximate surface area is 195 Å². The predicted octanol–water partition coefficient (Wildman–Crippen LogP) is 2.35. The molecule has 2 aromatic carbocycles. The zero-order chi connectivity index (χ0) is 24.3. The fraction of sp³-hybridized carbons (Fsp3) is 0.208. The lowest BCUT2D eigenvalue weighted by Gasteiger charge is -2.15. The van der Waals surface area contributed by atoms with Crippen LogP contribution in [0.25, 0.3) is 16.9 Å². The van der Waals surface area contributed by atoms with Crippen molar-refractivity contribution in [3.8, 4) is 16.9 Å². The van der Waals surface area contributed by atoms with Crippen LogP contribution in [0.4, 0.5) is 10.6 Å². The van der Waals surface area contributed by atoms with Crippen LogP contribution in [0.15, 0.2) is 66.7 Å². The summed E-state index contributed by atoms with van der Waals surface area (Å²) in [6.07, 6.45) is 0. The molecule has 174 valence electrons. The monoisotopic (exact) mass is 461 g/mol. The molecule has 0 bridgehead atoms.